The smallest absolute Gasteiger partial charge is 0.258 e. The van der Waals surface area contributed by atoms with E-state index in [0.717, 1.165) is 25.0 Å². The molecule has 0 aliphatic heterocycles. The van der Waals surface area contributed by atoms with Gasteiger partial charge in [0.1, 0.15) is 17.1 Å². The maximum atomic E-state index is 11.7. The number of carbonyl (C=O) groups excluding carboxylic acids is 1. The van der Waals surface area contributed by atoms with Crippen LogP contribution in [0, 0.1) is 0 Å². The van der Waals surface area contributed by atoms with Gasteiger partial charge in [0, 0.05) is 6.54 Å². The Kier molecular flexibility index (Phi) is 6.43. The van der Waals surface area contributed by atoms with Crippen molar-refractivity contribution in [2.75, 3.05) is 18.6 Å². The van der Waals surface area contributed by atoms with Crippen molar-refractivity contribution in [1.29, 1.82) is 0 Å². The van der Waals surface area contributed by atoms with Crippen molar-refractivity contribution in [2.45, 2.75) is 19.3 Å². The zero-order valence-corrected chi connectivity index (χ0v) is 11.3. The second-order valence-electron chi connectivity index (χ2n) is 3.98. The molecule has 0 saturated carbocycles. The predicted molar refractivity (Wildman–Crippen MR) is 74.3 cm³/mol. The van der Waals surface area contributed by atoms with Crippen molar-refractivity contribution >= 4 is 17.7 Å². The van der Waals surface area contributed by atoms with Crippen LogP contribution in [0.1, 0.15) is 29.6 Å². The third-order valence-corrected chi connectivity index (χ3v) is 3.26. The van der Waals surface area contributed by atoms with Gasteiger partial charge in [0.25, 0.3) is 5.91 Å². The number of hydrogen-bond acceptors (Lipinski definition) is 4. The third-order valence-electron chi connectivity index (χ3n) is 2.56. The molecule has 3 N–H and O–H groups in total. The first-order chi connectivity index (χ1) is 8.66. The van der Waals surface area contributed by atoms with E-state index in [1.54, 1.807) is 0 Å². The van der Waals surface area contributed by atoms with E-state index in [-0.39, 0.29) is 17.1 Å². The van der Waals surface area contributed by atoms with Crippen LogP contribution in [0.3, 0.4) is 0 Å². The molecule has 0 bridgehead atoms. The minimum atomic E-state index is -0.435. The molecule has 0 unspecified atom stereocenters. The number of amides is 1. The minimum Gasteiger partial charge on any atom is -0.507 e. The van der Waals surface area contributed by atoms with E-state index in [1.807, 2.05) is 11.8 Å². The van der Waals surface area contributed by atoms with Gasteiger partial charge in [0.15, 0.2) is 0 Å². The molecule has 0 radical (unpaired) electrons. The Morgan fingerprint density at radius 3 is 2.50 bits per heavy atom. The predicted octanol–water partition coefficient (Wildman–Crippen LogP) is 2.36. The molecular weight excluding hydrogens is 250 g/mol. The minimum absolute atomic E-state index is 0.0541. The van der Waals surface area contributed by atoms with Crippen molar-refractivity contribution in [2.24, 2.45) is 0 Å². The monoisotopic (exact) mass is 269 g/mol. The van der Waals surface area contributed by atoms with Gasteiger partial charge in [-0.25, -0.2) is 0 Å². The molecule has 0 aromatic heterocycles. The summed E-state index contributed by atoms with van der Waals surface area (Å²) in [6.07, 6.45) is 5.18. The maximum absolute atomic E-state index is 11.7. The Balaban J connectivity index is 2.37. The van der Waals surface area contributed by atoms with Gasteiger partial charge in [-0.1, -0.05) is 12.5 Å². The molecule has 0 aliphatic carbocycles. The molecule has 0 aliphatic rings. The molecular formula is C13H19NO3S. The molecule has 1 aromatic carbocycles. The lowest BCUT2D eigenvalue weighted by Gasteiger charge is -2.08. The molecule has 0 saturated heterocycles. The molecule has 0 fully saturated rings. The second kappa shape index (κ2) is 7.87. The molecule has 18 heavy (non-hydrogen) atoms. The van der Waals surface area contributed by atoms with E-state index >= 15 is 0 Å². The van der Waals surface area contributed by atoms with Crippen molar-refractivity contribution in [3.05, 3.63) is 23.8 Å². The van der Waals surface area contributed by atoms with Crippen LogP contribution in [0.5, 0.6) is 11.5 Å². The standard InChI is InChI=1S/C13H19NO3S/c1-18-9-4-2-3-8-14-13(17)12-10(15)6-5-7-11(12)16/h5-7,15-16H,2-4,8-9H2,1H3,(H,14,17). The highest BCUT2D eigenvalue weighted by atomic mass is 32.2. The van der Waals surface area contributed by atoms with Gasteiger partial charge < -0.3 is 15.5 Å². The normalized spacial score (nSPS) is 10.3. The molecule has 100 valence electrons. The maximum Gasteiger partial charge on any atom is 0.258 e. The first-order valence-electron chi connectivity index (χ1n) is 5.95. The molecule has 0 atom stereocenters. The molecule has 0 spiro atoms. The Labute approximate surface area is 111 Å². The van der Waals surface area contributed by atoms with E-state index in [9.17, 15) is 15.0 Å². The summed E-state index contributed by atoms with van der Waals surface area (Å²) in [4.78, 5) is 11.7. The first kappa shape index (κ1) is 14.7. The third kappa shape index (κ3) is 4.49. The number of hydrogen-bond donors (Lipinski definition) is 3. The van der Waals surface area contributed by atoms with E-state index in [1.165, 1.54) is 18.2 Å². The molecule has 1 aromatic rings. The summed E-state index contributed by atoms with van der Waals surface area (Å²) in [5.74, 6) is 0.300. The lowest BCUT2D eigenvalue weighted by molar-refractivity contribution is 0.0947. The van der Waals surface area contributed by atoms with Gasteiger partial charge >= 0.3 is 0 Å². The fourth-order valence-electron chi connectivity index (χ4n) is 1.60. The van der Waals surface area contributed by atoms with Crippen LogP contribution >= 0.6 is 11.8 Å². The van der Waals surface area contributed by atoms with Crippen molar-refractivity contribution in [3.8, 4) is 11.5 Å². The lowest BCUT2D eigenvalue weighted by atomic mass is 10.1. The Hall–Kier alpha value is -1.36. The fourth-order valence-corrected chi connectivity index (χ4v) is 2.09. The zero-order valence-electron chi connectivity index (χ0n) is 10.5. The number of phenols is 2. The van der Waals surface area contributed by atoms with Crippen LogP contribution in [0.4, 0.5) is 0 Å². The summed E-state index contributed by atoms with van der Waals surface area (Å²) in [6, 6.07) is 4.25. The number of aromatic hydroxyl groups is 2. The molecule has 1 rings (SSSR count). The summed E-state index contributed by atoms with van der Waals surface area (Å²) in [7, 11) is 0. The fraction of sp³-hybridized carbons (Fsp3) is 0.462. The Morgan fingerprint density at radius 2 is 1.89 bits per heavy atom. The lowest BCUT2D eigenvalue weighted by Crippen LogP contribution is -2.24. The van der Waals surface area contributed by atoms with Crippen LogP contribution in [0.15, 0.2) is 18.2 Å². The van der Waals surface area contributed by atoms with E-state index in [2.05, 4.69) is 11.6 Å². The van der Waals surface area contributed by atoms with Crippen molar-refractivity contribution in [3.63, 3.8) is 0 Å². The number of thioether (sulfide) groups is 1. The van der Waals surface area contributed by atoms with Gasteiger partial charge in [-0.2, -0.15) is 11.8 Å². The molecule has 1 amide bonds. The molecule has 0 heterocycles. The summed E-state index contributed by atoms with van der Waals surface area (Å²) in [6.45, 7) is 0.557. The number of nitrogens with one attached hydrogen (secondary N) is 1. The van der Waals surface area contributed by atoms with Crippen LogP contribution < -0.4 is 5.32 Å². The molecule has 5 heteroatoms. The second-order valence-corrected chi connectivity index (χ2v) is 4.97. The summed E-state index contributed by atoms with van der Waals surface area (Å²) >= 11 is 1.81. The largest absolute Gasteiger partial charge is 0.507 e. The highest BCUT2D eigenvalue weighted by Crippen LogP contribution is 2.25. The van der Waals surface area contributed by atoms with Gasteiger partial charge in [-0.15, -0.1) is 0 Å². The first-order valence-corrected chi connectivity index (χ1v) is 7.34. The summed E-state index contributed by atoms with van der Waals surface area (Å²) < 4.78 is 0. The van der Waals surface area contributed by atoms with Crippen LogP contribution in [0.2, 0.25) is 0 Å². The van der Waals surface area contributed by atoms with Gasteiger partial charge in [0.2, 0.25) is 0 Å². The topological polar surface area (TPSA) is 69.6 Å². The quantitative estimate of drug-likeness (QED) is 0.665. The van der Waals surface area contributed by atoms with E-state index in [0.29, 0.717) is 6.54 Å². The number of carbonyl (C=O) groups is 1. The Bertz CT molecular complexity index is 376. The average Bonchev–Trinajstić information content (AvgIpc) is 2.33. The Morgan fingerprint density at radius 1 is 1.22 bits per heavy atom. The van der Waals surface area contributed by atoms with Gasteiger partial charge in [-0.05, 0) is 37.0 Å². The van der Waals surface area contributed by atoms with Crippen LogP contribution in [-0.2, 0) is 0 Å². The number of unbranched alkanes of at least 4 members (excludes halogenated alkanes) is 2. The SMILES string of the molecule is CSCCCCCNC(=O)c1c(O)cccc1O. The van der Waals surface area contributed by atoms with Crippen LogP contribution in [-0.4, -0.2) is 34.7 Å². The van der Waals surface area contributed by atoms with E-state index in [4.69, 9.17) is 0 Å². The highest BCUT2D eigenvalue weighted by Gasteiger charge is 2.14. The van der Waals surface area contributed by atoms with Gasteiger partial charge in [-0.3, -0.25) is 4.79 Å². The summed E-state index contributed by atoms with van der Waals surface area (Å²) in [5, 5.41) is 21.7. The average molecular weight is 269 g/mol. The summed E-state index contributed by atoms with van der Waals surface area (Å²) in [5.41, 5.74) is -0.0541. The number of benzene rings is 1. The number of rotatable bonds is 7. The van der Waals surface area contributed by atoms with Crippen LogP contribution in [0.25, 0.3) is 0 Å². The zero-order chi connectivity index (χ0) is 13.4. The number of phenolic OH excluding ortho intramolecular Hbond substituents is 2. The van der Waals surface area contributed by atoms with Crippen molar-refractivity contribution < 1.29 is 15.0 Å². The van der Waals surface area contributed by atoms with Gasteiger partial charge in [0.05, 0.1) is 0 Å². The van der Waals surface area contributed by atoms with E-state index < -0.39 is 5.91 Å². The van der Waals surface area contributed by atoms with Crippen molar-refractivity contribution in [1.82, 2.24) is 5.32 Å². The highest BCUT2D eigenvalue weighted by molar-refractivity contribution is 7.98. The molecule has 4 nitrogen and oxygen atoms in total.